The quantitative estimate of drug-likeness (QED) is 0.0742. The van der Waals surface area contributed by atoms with Gasteiger partial charge in [0, 0.05) is 54.4 Å². The van der Waals surface area contributed by atoms with Crippen LogP contribution in [0.25, 0.3) is 10.4 Å². The number of aliphatic hydroxyl groups is 1. The molecule has 1 aliphatic carbocycles. The summed E-state index contributed by atoms with van der Waals surface area (Å²) in [5, 5.41) is 31.5. The molecule has 17 heteroatoms. The Hall–Kier alpha value is -6.02. The van der Waals surface area contributed by atoms with Crippen molar-refractivity contribution in [3.63, 3.8) is 0 Å². The van der Waals surface area contributed by atoms with Crippen LogP contribution in [0.5, 0.6) is 11.5 Å². The molecule has 1 unspecified atom stereocenters. The number of aryl methyl sites for hydroxylation is 1. The minimum absolute atomic E-state index is 0.0597. The number of carbonyl (C=O) groups excluding carboxylic acids is 5. The van der Waals surface area contributed by atoms with Gasteiger partial charge in [0.1, 0.15) is 35.8 Å². The summed E-state index contributed by atoms with van der Waals surface area (Å²) < 4.78 is 12.2. The number of thiazole rings is 1. The highest BCUT2D eigenvalue weighted by Crippen LogP contribution is 2.55. The zero-order valence-corrected chi connectivity index (χ0v) is 40.8. The zero-order valence-electron chi connectivity index (χ0n) is 39.2. The van der Waals surface area contributed by atoms with Crippen molar-refractivity contribution in [2.45, 2.75) is 112 Å². The number of aromatic nitrogens is 1. The van der Waals surface area contributed by atoms with Crippen LogP contribution in [0.3, 0.4) is 0 Å². The summed E-state index contributed by atoms with van der Waals surface area (Å²) in [4.78, 5) is 73.3. The third kappa shape index (κ3) is 11.9. The van der Waals surface area contributed by atoms with Crippen molar-refractivity contribution in [2.75, 3.05) is 19.7 Å². The molecule has 3 aromatic carbocycles. The third-order valence-electron chi connectivity index (χ3n) is 12.5. The monoisotopic (exact) mass is 953 g/mol. The van der Waals surface area contributed by atoms with Crippen LogP contribution in [0.4, 0.5) is 0 Å². The lowest BCUT2D eigenvalue weighted by molar-refractivity contribution is -0.164. The Morgan fingerprint density at radius 2 is 1.64 bits per heavy atom. The Balaban J connectivity index is 0.914. The first-order valence-electron chi connectivity index (χ1n) is 22.3. The molecule has 15 nitrogen and oxygen atoms in total. The molecule has 2 aliphatic rings. The van der Waals surface area contributed by atoms with E-state index in [1.807, 2.05) is 65.0 Å². The number of hydrogen-bond acceptors (Lipinski definition) is 11. The van der Waals surface area contributed by atoms with E-state index in [2.05, 4.69) is 26.3 Å². The normalized spacial score (nSPS) is 19.8. The SMILES string of the molecule is Cc1ncsc1-c1ccc(CNC(=O)C2C[C@@H](O)CN2C(=O)[C@@H](NC(=O)CNC(=O)CCCOc2ccc(C(=O)N[C@H]3C(C)(C)[C@H](Oc4ccc(C#N)c(Cl)c4)C3(C)C)cc2)C(C)(C)C)cc1. The largest absolute Gasteiger partial charge is 0.494 e. The van der Waals surface area contributed by atoms with Gasteiger partial charge in [-0.15, -0.1) is 11.3 Å². The summed E-state index contributed by atoms with van der Waals surface area (Å²) in [6, 6.07) is 19.3. The molecule has 0 radical (unpaired) electrons. The van der Waals surface area contributed by atoms with E-state index in [0.29, 0.717) is 34.1 Å². The Bertz CT molecular complexity index is 2480. The molecule has 0 bridgehead atoms. The lowest BCUT2D eigenvalue weighted by Gasteiger charge is -2.63. The van der Waals surface area contributed by atoms with E-state index in [0.717, 1.165) is 21.7 Å². The number of nitrogens with zero attached hydrogens (tertiary/aromatic N) is 3. The predicted molar refractivity (Wildman–Crippen MR) is 255 cm³/mol. The molecule has 1 aliphatic heterocycles. The van der Waals surface area contributed by atoms with Crippen LogP contribution >= 0.6 is 22.9 Å². The lowest BCUT2D eigenvalue weighted by Crippen LogP contribution is -2.74. The minimum atomic E-state index is -1.04. The first kappa shape index (κ1) is 50.4. The van der Waals surface area contributed by atoms with Gasteiger partial charge in [0.15, 0.2) is 0 Å². The first-order chi connectivity index (χ1) is 31.6. The minimum Gasteiger partial charge on any atom is -0.494 e. The number of halogens is 1. The van der Waals surface area contributed by atoms with E-state index in [9.17, 15) is 34.3 Å². The molecular weight excluding hydrogens is 894 g/mol. The zero-order chi connectivity index (χ0) is 48.8. The highest BCUT2D eigenvalue weighted by molar-refractivity contribution is 7.13. The fraction of sp³-hybridized carbons (Fsp3) is 0.460. The summed E-state index contributed by atoms with van der Waals surface area (Å²) in [7, 11) is 0. The second-order valence-corrected chi connectivity index (χ2v) is 20.8. The number of ether oxygens (including phenoxy) is 2. The van der Waals surface area contributed by atoms with Gasteiger partial charge in [-0.25, -0.2) is 4.98 Å². The van der Waals surface area contributed by atoms with Gasteiger partial charge >= 0.3 is 0 Å². The molecule has 67 heavy (non-hydrogen) atoms. The van der Waals surface area contributed by atoms with Gasteiger partial charge < -0.3 is 40.7 Å². The fourth-order valence-electron chi connectivity index (χ4n) is 9.20. The lowest BCUT2D eigenvalue weighted by atomic mass is 9.49. The fourth-order valence-corrected chi connectivity index (χ4v) is 10.2. The number of β-amino-alcohol motifs (C(OH)–C–C–N with tert-alkyl or cyclic N) is 1. The number of amides is 5. The molecule has 1 aromatic heterocycles. The average molecular weight is 955 g/mol. The number of nitriles is 1. The third-order valence-corrected chi connectivity index (χ3v) is 13.8. The first-order valence-corrected chi connectivity index (χ1v) is 23.6. The Kier molecular flexibility index (Phi) is 15.7. The van der Waals surface area contributed by atoms with E-state index in [-0.39, 0.29) is 63.0 Å². The van der Waals surface area contributed by atoms with Crippen molar-refractivity contribution in [1.29, 1.82) is 5.26 Å². The number of likely N-dealkylation sites (tertiary alicyclic amines) is 1. The smallest absolute Gasteiger partial charge is 0.251 e. The van der Waals surface area contributed by atoms with E-state index in [4.69, 9.17) is 21.1 Å². The van der Waals surface area contributed by atoms with Gasteiger partial charge in [-0.05, 0) is 66.3 Å². The van der Waals surface area contributed by atoms with E-state index >= 15 is 0 Å². The Labute approximate surface area is 401 Å². The molecule has 3 atom stereocenters. The molecule has 5 amide bonds. The van der Waals surface area contributed by atoms with Gasteiger partial charge in [-0.2, -0.15) is 5.26 Å². The molecule has 6 rings (SSSR count). The standard InChI is InChI=1S/C50H60ClN7O8S/c1-29-41(67-28-55-29)31-13-11-30(12-14-31)25-54-44(63)38-22-34(59)27-58(38)45(64)42(48(2,3)4)56-40(61)26-53-39(60)10-9-21-65-35-18-15-32(16-19-35)43(62)57-46-49(5,6)47(50(46,7)8)66-36-20-17-33(24-52)37(51)23-36/h11-20,23,28,34,38,42,46-47,59H,9-10,21-22,25-27H2,1-8H3,(H,53,60)(H,54,63)(H,56,61)(H,57,62)/t34-,38?,42-,46-,47-/m1/s1. The second kappa shape index (κ2) is 20.9. The van der Waals surface area contributed by atoms with Crippen LogP contribution in [-0.2, 0) is 25.7 Å². The summed E-state index contributed by atoms with van der Waals surface area (Å²) >= 11 is 7.78. The summed E-state index contributed by atoms with van der Waals surface area (Å²) in [5.74, 6) is -1.04. The van der Waals surface area contributed by atoms with Crippen LogP contribution < -0.4 is 30.7 Å². The van der Waals surface area contributed by atoms with Crippen LogP contribution in [0.15, 0.2) is 72.2 Å². The molecular formula is C50H60ClN7O8S. The maximum Gasteiger partial charge on any atom is 0.251 e. The van der Waals surface area contributed by atoms with Gasteiger partial charge in [-0.1, -0.05) is 84.3 Å². The van der Waals surface area contributed by atoms with Gasteiger partial charge in [0.2, 0.25) is 23.6 Å². The predicted octanol–water partition coefficient (Wildman–Crippen LogP) is 6.34. The van der Waals surface area contributed by atoms with Crippen molar-refractivity contribution >= 4 is 52.5 Å². The molecule has 0 spiro atoms. The van der Waals surface area contributed by atoms with Gasteiger partial charge in [-0.3, -0.25) is 24.0 Å². The van der Waals surface area contributed by atoms with Gasteiger partial charge in [0.05, 0.1) is 45.9 Å². The molecule has 2 heterocycles. The van der Waals surface area contributed by atoms with E-state index in [1.165, 1.54) is 4.90 Å². The molecule has 2 fully saturated rings. The number of hydrogen-bond donors (Lipinski definition) is 5. The summed E-state index contributed by atoms with van der Waals surface area (Å²) in [6.45, 7) is 15.5. The number of rotatable bonds is 17. The maximum absolute atomic E-state index is 14.0. The van der Waals surface area contributed by atoms with E-state index in [1.54, 1.807) is 80.1 Å². The second-order valence-electron chi connectivity index (χ2n) is 19.5. The van der Waals surface area contributed by atoms with Crippen LogP contribution in [-0.4, -0.2) is 94.6 Å². The molecule has 4 aromatic rings. The highest BCUT2D eigenvalue weighted by Gasteiger charge is 2.64. The number of benzene rings is 3. The number of carbonyl (C=O) groups is 5. The molecule has 5 N–H and O–H groups in total. The van der Waals surface area contributed by atoms with E-state index < -0.39 is 52.2 Å². The maximum atomic E-state index is 14.0. The van der Waals surface area contributed by atoms with Gasteiger partial charge in [0.25, 0.3) is 5.91 Å². The molecule has 1 saturated carbocycles. The summed E-state index contributed by atoms with van der Waals surface area (Å²) in [6.07, 6.45) is -0.672. The van der Waals surface area contributed by atoms with Crippen molar-refractivity contribution in [2.24, 2.45) is 16.2 Å². The summed E-state index contributed by atoms with van der Waals surface area (Å²) in [5.41, 5.74) is 3.86. The number of aliphatic hydroxyl groups excluding tert-OH is 1. The Morgan fingerprint density at radius 3 is 2.25 bits per heavy atom. The molecule has 356 valence electrons. The van der Waals surface area contributed by atoms with Crippen LogP contribution in [0.2, 0.25) is 5.02 Å². The average Bonchev–Trinajstić information content (AvgIpc) is 3.91. The van der Waals surface area contributed by atoms with Crippen molar-refractivity contribution in [1.82, 2.24) is 31.2 Å². The highest BCUT2D eigenvalue weighted by atomic mass is 35.5. The van der Waals surface area contributed by atoms with Crippen LogP contribution in [0.1, 0.15) is 94.9 Å². The topological polar surface area (TPSA) is 212 Å². The van der Waals surface area contributed by atoms with Crippen LogP contribution in [0, 0.1) is 34.5 Å². The van der Waals surface area contributed by atoms with Crippen molar-refractivity contribution in [3.05, 3.63) is 99.6 Å². The number of nitrogens with one attached hydrogen (secondary N) is 4. The molecule has 1 saturated heterocycles. The Morgan fingerprint density at radius 1 is 0.970 bits per heavy atom. The van der Waals surface area contributed by atoms with Crippen molar-refractivity contribution in [3.8, 4) is 28.0 Å². The van der Waals surface area contributed by atoms with Crippen molar-refractivity contribution < 1.29 is 38.6 Å².